The molecule has 0 fully saturated rings. The number of phenolic OH excluding ortho intramolecular Hbond substituents is 3. The Hall–Kier alpha value is -4.19. The van der Waals surface area contributed by atoms with Gasteiger partial charge in [-0.3, -0.25) is 45.5 Å². The van der Waals surface area contributed by atoms with Gasteiger partial charge in [-0.15, -0.1) is 0 Å². The van der Waals surface area contributed by atoms with Gasteiger partial charge in [-0.05, 0) is 36.4 Å². The average molecular weight is 818 g/mol. The first-order valence-corrected chi connectivity index (χ1v) is 17.5. The van der Waals surface area contributed by atoms with Crippen molar-refractivity contribution in [3.05, 3.63) is 72.8 Å². The van der Waals surface area contributed by atoms with Crippen molar-refractivity contribution in [3.63, 3.8) is 0 Å². The Morgan fingerprint density at radius 3 is 0.469 bits per heavy atom. The minimum absolute atomic E-state index is 0.146. The van der Waals surface area contributed by atoms with Crippen LogP contribution in [0.1, 0.15) is 0 Å². The van der Waals surface area contributed by atoms with Crippen LogP contribution < -0.4 is 17.2 Å². The molecule has 0 saturated heterocycles. The maximum absolute atomic E-state index is 8.79. The largest absolute Gasteiger partial charge is 0.506 e. The highest BCUT2D eigenvalue weighted by molar-refractivity contribution is 7.80. The molecule has 19 N–H and O–H groups in total. The van der Waals surface area contributed by atoms with Crippen LogP contribution in [0, 0.1) is 0 Å². The number of aromatic hydroxyl groups is 3. The molecule has 0 unspecified atom stereocenters. The molecule has 0 aliphatic carbocycles. The van der Waals surface area contributed by atoms with Gasteiger partial charge >= 0.3 is 52.0 Å². The van der Waals surface area contributed by atoms with E-state index in [1.807, 2.05) is 0 Å². The van der Waals surface area contributed by atoms with Crippen LogP contribution in [-0.4, -0.2) is 103 Å². The van der Waals surface area contributed by atoms with Crippen molar-refractivity contribution < 1.29 is 103 Å². The maximum Gasteiger partial charge on any atom is 0.394 e. The van der Waals surface area contributed by atoms with Gasteiger partial charge in [-0.25, -0.2) is 0 Å². The van der Waals surface area contributed by atoms with Gasteiger partial charge in [0.05, 0.1) is 17.1 Å². The van der Waals surface area contributed by atoms with E-state index in [4.69, 9.17) is 120 Å². The number of hydrogen-bond acceptors (Lipinski definition) is 16. The first-order chi connectivity index (χ1) is 21.4. The number of hydrogen-bond donors (Lipinski definition) is 16. The molecule has 0 aliphatic heterocycles. The lowest BCUT2D eigenvalue weighted by Gasteiger charge is -1.92. The summed E-state index contributed by atoms with van der Waals surface area (Å²) < 4.78 is 158. The highest BCUT2D eigenvalue weighted by Crippen LogP contribution is 2.17. The van der Waals surface area contributed by atoms with Gasteiger partial charge in [0.25, 0.3) is 0 Å². The van der Waals surface area contributed by atoms with Crippen molar-refractivity contribution in [1.82, 2.24) is 0 Å². The summed E-state index contributed by atoms with van der Waals surface area (Å²) in [5, 5.41) is 26.4. The van der Waals surface area contributed by atoms with Crippen molar-refractivity contribution in [2.45, 2.75) is 0 Å². The molecule has 286 valence electrons. The third-order valence-electron chi connectivity index (χ3n) is 2.81. The number of nitrogens with two attached hydrogens (primary N) is 3. The van der Waals surface area contributed by atoms with Crippen LogP contribution in [0.2, 0.25) is 0 Å². The van der Waals surface area contributed by atoms with E-state index in [1.54, 1.807) is 72.8 Å². The van der Waals surface area contributed by atoms with E-state index in [-0.39, 0.29) is 17.2 Å². The fraction of sp³-hybridized carbons (Fsp3) is 0. The highest BCUT2D eigenvalue weighted by atomic mass is 32.3. The van der Waals surface area contributed by atoms with Crippen LogP contribution in [0.3, 0.4) is 0 Å². The molecule has 0 heterocycles. The van der Waals surface area contributed by atoms with E-state index in [0.29, 0.717) is 17.1 Å². The van der Waals surface area contributed by atoms with E-state index >= 15 is 0 Å². The summed E-state index contributed by atoms with van der Waals surface area (Å²) in [6, 6.07) is 20.1. The monoisotopic (exact) mass is 817 g/mol. The lowest BCUT2D eigenvalue weighted by molar-refractivity contribution is 0.378. The summed E-state index contributed by atoms with van der Waals surface area (Å²) in [4.78, 5) is 0. The lowest BCUT2D eigenvalue weighted by Crippen LogP contribution is -1.89. The van der Waals surface area contributed by atoms with Crippen LogP contribution >= 0.6 is 0 Å². The summed E-state index contributed by atoms with van der Waals surface area (Å²) in [5.41, 5.74) is 17.1. The van der Waals surface area contributed by atoms with Crippen LogP contribution in [0.15, 0.2) is 72.8 Å². The smallest absolute Gasteiger partial charge is 0.394 e. The van der Waals surface area contributed by atoms with Gasteiger partial charge in [0.2, 0.25) is 0 Å². The van der Waals surface area contributed by atoms with Crippen molar-refractivity contribution in [2.24, 2.45) is 0 Å². The fourth-order valence-corrected chi connectivity index (χ4v) is 1.46. The Morgan fingerprint density at radius 2 is 0.408 bits per heavy atom. The molecule has 0 radical (unpaired) electrons. The SMILES string of the molecule is Nc1ccccc1O.Nc1ccccc1O.Nc1ccccc1O.O=S(=O)(O)O.O=S(=O)(O)O.O=S(=O)(O)O.O=S(=O)(O)O.O=S(=O)(O)O. The molecule has 0 spiro atoms. The standard InChI is InChI=1S/3C6H7NO.5H2O4S/c3*7-5-3-1-2-4-6(5)8;5*1-5(2,3)4/h3*1-4,8H,7H2;5*(H2,1,2,3,4). The van der Waals surface area contributed by atoms with Gasteiger partial charge in [0, 0.05) is 0 Å². The van der Waals surface area contributed by atoms with E-state index in [2.05, 4.69) is 0 Å². The average Bonchev–Trinajstić information content (AvgIpc) is 2.80. The van der Waals surface area contributed by atoms with Gasteiger partial charge in [0.15, 0.2) is 0 Å². The van der Waals surface area contributed by atoms with Crippen molar-refractivity contribution >= 4 is 69.1 Å². The third kappa shape index (κ3) is 92.3. The van der Waals surface area contributed by atoms with E-state index < -0.39 is 52.0 Å². The van der Waals surface area contributed by atoms with E-state index in [9.17, 15) is 0 Å². The molecular formula is C18H31N3O23S5. The zero-order valence-corrected chi connectivity index (χ0v) is 27.7. The zero-order chi connectivity index (χ0) is 40.4. The summed E-state index contributed by atoms with van der Waals surface area (Å²) >= 11 is 0. The Morgan fingerprint density at radius 1 is 0.306 bits per heavy atom. The van der Waals surface area contributed by atoms with Crippen molar-refractivity contribution in [1.29, 1.82) is 0 Å². The molecule has 3 rings (SSSR count). The predicted molar refractivity (Wildman–Crippen MR) is 168 cm³/mol. The molecule has 0 bridgehead atoms. The molecular weight excluding hydrogens is 787 g/mol. The first kappa shape index (κ1) is 54.3. The molecule has 49 heavy (non-hydrogen) atoms. The predicted octanol–water partition coefficient (Wildman–Crippen LogP) is -0.341. The molecule has 3 aromatic carbocycles. The minimum Gasteiger partial charge on any atom is -0.506 e. The van der Waals surface area contributed by atoms with E-state index in [1.165, 1.54) is 0 Å². The highest BCUT2D eigenvalue weighted by Gasteiger charge is 1.90. The zero-order valence-electron chi connectivity index (χ0n) is 23.6. The molecule has 31 heteroatoms. The molecule has 0 aliphatic rings. The van der Waals surface area contributed by atoms with Crippen LogP contribution in [0.5, 0.6) is 17.2 Å². The summed E-state index contributed by atoms with van der Waals surface area (Å²) in [7, 11) is -23.3. The second-order valence-electron chi connectivity index (χ2n) is 6.92. The molecule has 26 nitrogen and oxygen atoms in total. The van der Waals surface area contributed by atoms with E-state index in [0.717, 1.165) is 0 Å². The Labute approximate surface area is 278 Å². The van der Waals surface area contributed by atoms with Crippen LogP contribution in [0.25, 0.3) is 0 Å². The van der Waals surface area contributed by atoms with Crippen molar-refractivity contribution in [3.8, 4) is 17.2 Å². The second kappa shape index (κ2) is 25.8. The number of anilines is 3. The molecule has 3 aromatic rings. The summed E-state index contributed by atoms with van der Waals surface area (Å²) in [5.74, 6) is 0.438. The number of nitrogen functional groups attached to an aromatic ring is 3. The minimum atomic E-state index is -4.67. The Balaban J connectivity index is -0.000000153. The molecule has 0 saturated carbocycles. The summed E-state index contributed by atoms with van der Waals surface area (Å²) in [6.45, 7) is 0. The first-order valence-electron chi connectivity index (χ1n) is 10.5. The van der Waals surface area contributed by atoms with Crippen LogP contribution in [0.4, 0.5) is 17.1 Å². The fourth-order valence-electron chi connectivity index (χ4n) is 1.46. The number of phenols is 3. The quantitative estimate of drug-likeness (QED) is 0.0783. The number of benzene rings is 3. The van der Waals surface area contributed by atoms with Gasteiger partial charge in [-0.2, -0.15) is 42.1 Å². The Bertz CT molecular complexity index is 1520. The number of rotatable bonds is 0. The van der Waals surface area contributed by atoms with Crippen LogP contribution in [-0.2, 0) is 52.0 Å². The molecule has 0 aromatic heterocycles. The normalized spacial score (nSPS) is 10.3. The second-order valence-corrected chi connectivity index (χ2v) is 11.4. The maximum atomic E-state index is 8.79. The van der Waals surface area contributed by atoms with Gasteiger partial charge < -0.3 is 32.5 Å². The third-order valence-corrected chi connectivity index (χ3v) is 2.81. The number of para-hydroxylation sites is 6. The molecule has 0 amide bonds. The van der Waals surface area contributed by atoms with Crippen molar-refractivity contribution in [2.75, 3.05) is 17.2 Å². The van der Waals surface area contributed by atoms with Gasteiger partial charge in [-0.1, -0.05) is 36.4 Å². The van der Waals surface area contributed by atoms with Gasteiger partial charge in [0.1, 0.15) is 17.2 Å². The lowest BCUT2D eigenvalue weighted by atomic mass is 10.3. The Kier molecular flexibility index (Phi) is 28.5. The molecule has 0 atom stereocenters. The topological polar surface area (TPSA) is 512 Å². The summed E-state index contributed by atoms with van der Waals surface area (Å²) in [6.07, 6.45) is 0.